The number of rotatable bonds is 19. The first kappa shape index (κ1) is 46.2. The summed E-state index contributed by atoms with van der Waals surface area (Å²) in [5.41, 5.74) is 0.790. The lowest BCUT2D eigenvalue weighted by Gasteiger charge is -2.34. The number of carbonyl (C=O) groups is 6. The van der Waals surface area contributed by atoms with Crippen molar-refractivity contribution in [3.63, 3.8) is 0 Å². The van der Waals surface area contributed by atoms with Gasteiger partial charge in [0, 0.05) is 19.9 Å². The molecule has 13 heteroatoms. The minimum Gasteiger partial charge on any atom is -0.467 e. The van der Waals surface area contributed by atoms with Crippen LogP contribution in [-0.2, 0) is 46.3 Å². The number of nitrogens with zero attached hydrogens (tertiary/aromatic N) is 1. The fourth-order valence-corrected chi connectivity index (χ4v) is 5.99. The monoisotopic (exact) mass is 765 g/mol. The van der Waals surface area contributed by atoms with E-state index in [-0.39, 0.29) is 31.1 Å². The van der Waals surface area contributed by atoms with Crippen molar-refractivity contribution in [3.05, 3.63) is 71.8 Å². The van der Waals surface area contributed by atoms with Gasteiger partial charge >= 0.3 is 12.1 Å². The molecule has 0 heterocycles. The van der Waals surface area contributed by atoms with Crippen LogP contribution in [0.5, 0.6) is 0 Å². The summed E-state index contributed by atoms with van der Waals surface area (Å²) >= 11 is 0. The molecule has 5 atom stereocenters. The molecule has 55 heavy (non-hydrogen) atoms. The summed E-state index contributed by atoms with van der Waals surface area (Å²) in [4.78, 5) is 82.9. The second-order valence-corrected chi connectivity index (χ2v) is 16.2. The molecule has 2 rings (SSSR count). The Labute approximate surface area is 327 Å². The number of carbonyl (C=O) groups excluding carboxylic acids is 6. The summed E-state index contributed by atoms with van der Waals surface area (Å²) in [5, 5.41) is 11.1. The third kappa shape index (κ3) is 16.1. The number of likely N-dealkylation sites (N-methyl/N-ethyl adjacent to an activating group) is 1. The van der Waals surface area contributed by atoms with Crippen LogP contribution in [0, 0.1) is 17.8 Å². The average Bonchev–Trinajstić information content (AvgIpc) is 3.10. The molecular weight excluding hydrogens is 702 g/mol. The third-order valence-electron chi connectivity index (χ3n) is 8.76. The highest BCUT2D eigenvalue weighted by atomic mass is 16.6. The second kappa shape index (κ2) is 21.8. The van der Waals surface area contributed by atoms with Crippen LogP contribution < -0.4 is 21.3 Å². The quantitative estimate of drug-likeness (QED) is 0.151. The van der Waals surface area contributed by atoms with Gasteiger partial charge in [0.1, 0.15) is 35.8 Å². The maximum atomic E-state index is 14.1. The summed E-state index contributed by atoms with van der Waals surface area (Å²) in [5.74, 6) is -3.29. The van der Waals surface area contributed by atoms with Gasteiger partial charge in [0.15, 0.2) is 0 Å². The summed E-state index contributed by atoms with van der Waals surface area (Å²) < 4.78 is 10.4. The molecule has 0 fully saturated rings. The van der Waals surface area contributed by atoms with Crippen molar-refractivity contribution in [1.29, 1.82) is 0 Å². The van der Waals surface area contributed by atoms with Gasteiger partial charge in [0.25, 0.3) is 0 Å². The van der Waals surface area contributed by atoms with Gasteiger partial charge in [-0.2, -0.15) is 0 Å². The van der Waals surface area contributed by atoms with E-state index in [1.165, 1.54) is 19.1 Å². The van der Waals surface area contributed by atoms with Gasteiger partial charge in [-0.1, -0.05) is 102 Å². The fraction of sp³-hybridized carbons (Fsp3) is 0.571. The van der Waals surface area contributed by atoms with Crippen molar-refractivity contribution in [2.45, 2.75) is 124 Å². The van der Waals surface area contributed by atoms with Crippen LogP contribution in [0.1, 0.15) is 86.3 Å². The minimum atomic E-state index is -1.12. The Morgan fingerprint density at radius 2 is 1.13 bits per heavy atom. The van der Waals surface area contributed by atoms with Crippen molar-refractivity contribution in [1.82, 2.24) is 26.2 Å². The van der Waals surface area contributed by atoms with E-state index in [0.29, 0.717) is 6.42 Å². The van der Waals surface area contributed by atoms with Gasteiger partial charge < -0.3 is 35.6 Å². The minimum absolute atomic E-state index is 0.0164. The lowest BCUT2D eigenvalue weighted by atomic mass is 9.97. The first-order chi connectivity index (χ1) is 25.7. The lowest BCUT2D eigenvalue weighted by Crippen LogP contribution is -2.60. The topological polar surface area (TPSA) is 172 Å². The molecule has 0 saturated carbocycles. The van der Waals surface area contributed by atoms with Crippen LogP contribution in [0.25, 0.3) is 0 Å². The van der Waals surface area contributed by atoms with Crippen molar-refractivity contribution >= 4 is 35.7 Å². The number of esters is 1. The smallest absolute Gasteiger partial charge is 0.408 e. The van der Waals surface area contributed by atoms with E-state index in [0.717, 1.165) is 11.1 Å². The predicted octanol–water partition coefficient (Wildman–Crippen LogP) is 4.57. The Morgan fingerprint density at radius 3 is 1.58 bits per heavy atom. The number of nitrogens with one attached hydrogen (secondary N) is 4. The highest BCUT2D eigenvalue weighted by molar-refractivity contribution is 5.96. The molecule has 13 nitrogen and oxygen atoms in total. The van der Waals surface area contributed by atoms with Gasteiger partial charge in [0.05, 0.1) is 7.11 Å². The first-order valence-corrected chi connectivity index (χ1v) is 19.0. The lowest BCUT2D eigenvalue weighted by molar-refractivity contribution is -0.145. The second-order valence-electron chi connectivity index (χ2n) is 16.2. The van der Waals surface area contributed by atoms with E-state index in [2.05, 4.69) is 21.3 Å². The number of alkyl carbamates (subject to hydrolysis) is 1. The zero-order chi connectivity index (χ0) is 41.5. The van der Waals surface area contributed by atoms with Crippen LogP contribution in [0.3, 0.4) is 0 Å². The molecule has 304 valence electrons. The van der Waals surface area contributed by atoms with Crippen LogP contribution in [0.15, 0.2) is 60.7 Å². The van der Waals surface area contributed by atoms with E-state index in [1.54, 1.807) is 34.6 Å². The summed E-state index contributed by atoms with van der Waals surface area (Å²) in [7, 11) is 2.75. The molecule has 0 radical (unpaired) electrons. The Morgan fingerprint density at radius 1 is 0.636 bits per heavy atom. The Bertz CT molecular complexity index is 1560. The third-order valence-corrected chi connectivity index (χ3v) is 8.76. The van der Waals surface area contributed by atoms with Crippen molar-refractivity contribution in [2.24, 2.45) is 17.8 Å². The number of hydrogen-bond acceptors (Lipinski definition) is 8. The summed E-state index contributed by atoms with van der Waals surface area (Å²) in [6, 6.07) is 13.1. The van der Waals surface area contributed by atoms with Gasteiger partial charge in [-0.15, -0.1) is 0 Å². The van der Waals surface area contributed by atoms with E-state index < -0.39 is 77.4 Å². The first-order valence-electron chi connectivity index (χ1n) is 19.0. The number of benzene rings is 2. The Hall–Kier alpha value is -4.94. The number of amides is 5. The average molecular weight is 766 g/mol. The van der Waals surface area contributed by atoms with E-state index in [9.17, 15) is 28.8 Å². The maximum Gasteiger partial charge on any atom is 0.408 e. The zero-order valence-corrected chi connectivity index (χ0v) is 34.4. The molecule has 2 aromatic carbocycles. The molecule has 2 aromatic rings. The molecular formula is C42H63N5O8. The van der Waals surface area contributed by atoms with E-state index in [4.69, 9.17) is 9.47 Å². The standard InChI is InChI=1S/C42H63N5O8/c1-26(2)22-32(45-41(53)55-42(7,8)9)39(51)47(10)34(23-27(3)4)37(49)46-35(28(5)6)38(50)43-31(24-29-18-14-12-15-19-29)36(48)44-33(40(52)54-11)25-30-20-16-13-17-21-30/h12-21,26-28,31-35H,22-25H2,1-11H3,(H,43,50)(H,44,48)(H,45,53)(H,46,49)/t31-,32+,33+,34+,35+/m1/s1. The van der Waals surface area contributed by atoms with Crippen molar-refractivity contribution in [2.75, 3.05) is 14.2 Å². The van der Waals surface area contributed by atoms with Crippen LogP contribution >= 0.6 is 0 Å². The predicted molar refractivity (Wildman–Crippen MR) is 212 cm³/mol. The van der Waals surface area contributed by atoms with E-state index in [1.807, 2.05) is 88.4 Å². The largest absolute Gasteiger partial charge is 0.467 e. The molecule has 0 aliphatic rings. The molecule has 5 amide bonds. The highest BCUT2D eigenvalue weighted by Crippen LogP contribution is 2.17. The molecule has 0 aliphatic heterocycles. The van der Waals surface area contributed by atoms with Gasteiger partial charge in [-0.3, -0.25) is 19.2 Å². The van der Waals surface area contributed by atoms with E-state index >= 15 is 0 Å². The molecule has 0 bridgehead atoms. The van der Waals surface area contributed by atoms with Gasteiger partial charge in [0.2, 0.25) is 23.6 Å². The molecule has 0 aliphatic carbocycles. The molecule has 0 unspecified atom stereocenters. The summed E-state index contributed by atoms with van der Waals surface area (Å²) in [6.45, 7) is 16.4. The Kier molecular flexibility index (Phi) is 18.3. The van der Waals surface area contributed by atoms with Crippen molar-refractivity contribution in [3.8, 4) is 0 Å². The van der Waals surface area contributed by atoms with Crippen LogP contribution in [-0.4, -0.2) is 90.6 Å². The zero-order valence-electron chi connectivity index (χ0n) is 34.4. The number of ether oxygens (including phenoxy) is 2. The molecule has 0 spiro atoms. The van der Waals surface area contributed by atoms with Crippen LogP contribution in [0.2, 0.25) is 0 Å². The van der Waals surface area contributed by atoms with Gasteiger partial charge in [-0.05, 0) is 62.5 Å². The SMILES string of the molecule is COC(=O)[C@H](Cc1ccccc1)NC(=O)[C@@H](Cc1ccccc1)NC(=O)[C@@H](NC(=O)[C@H](CC(C)C)N(C)C(=O)[C@H](CC(C)C)NC(=O)OC(C)(C)C)C(C)C. The molecule has 4 N–H and O–H groups in total. The van der Waals surface area contributed by atoms with Crippen LogP contribution in [0.4, 0.5) is 4.79 Å². The normalized spacial score (nSPS) is 14.2. The highest BCUT2D eigenvalue weighted by Gasteiger charge is 2.37. The summed E-state index contributed by atoms with van der Waals surface area (Å²) in [6.07, 6.45) is 0.114. The maximum absolute atomic E-state index is 14.1. The van der Waals surface area contributed by atoms with Crippen molar-refractivity contribution < 1.29 is 38.2 Å². The molecule has 0 aromatic heterocycles. The van der Waals surface area contributed by atoms with Gasteiger partial charge in [-0.25, -0.2) is 9.59 Å². The Balaban J connectivity index is 2.37. The fourth-order valence-electron chi connectivity index (χ4n) is 5.99. The number of methoxy groups -OCH3 is 1. The number of hydrogen-bond donors (Lipinski definition) is 4. The molecule has 0 saturated heterocycles.